The summed E-state index contributed by atoms with van der Waals surface area (Å²) in [6.45, 7) is 4.63. The molecule has 10 heteroatoms. The summed E-state index contributed by atoms with van der Waals surface area (Å²) in [5.74, 6) is -0.606. The van der Waals surface area contributed by atoms with E-state index in [1.807, 2.05) is 74.5 Å². The minimum absolute atomic E-state index is 0.00344. The second-order valence-electron chi connectivity index (χ2n) is 11.1. The molecule has 2 aromatic carbocycles. The van der Waals surface area contributed by atoms with Gasteiger partial charge in [-0.1, -0.05) is 66.7 Å². The van der Waals surface area contributed by atoms with Crippen LogP contribution in [0.15, 0.2) is 72.8 Å². The van der Waals surface area contributed by atoms with E-state index in [0.717, 1.165) is 11.1 Å². The van der Waals surface area contributed by atoms with Crippen molar-refractivity contribution in [3.63, 3.8) is 0 Å². The zero-order valence-electron chi connectivity index (χ0n) is 23.9. The second-order valence-corrected chi connectivity index (χ2v) is 13.0. The smallest absolute Gasteiger partial charge is 0.248 e. The van der Waals surface area contributed by atoms with Crippen LogP contribution in [0.2, 0.25) is 0 Å². The molecule has 0 aromatic heterocycles. The van der Waals surface area contributed by atoms with E-state index in [-0.39, 0.29) is 38.1 Å². The Bertz CT molecular complexity index is 1250. The molecule has 1 aliphatic rings. The lowest BCUT2D eigenvalue weighted by molar-refractivity contribution is -0.148. The van der Waals surface area contributed by atoms with E-state index in [1.54, 1.807) is 18.0 Å². The van der Waals surface area contributed by atoms with Crippen LogP contribution in [0.3, 0.4) is 0 Å². The van der Waals surface area contributed by atoms with Crippen molar-refractivity contribution < 1.29 is 22.7 Å². The molecule has 0 aliphatic carbocycles. The molecule has 0 bridgehead atoms. The van der Waals surface area contributed by atoms with Gasteiger partial charge in [0.15, 0.2) is 0 Å². The fourth-order valence-electron chi connectivity index (χ4n) is 4.62. The first-order valence-corrected chi connectivity index (χ1v) is 15.3. The van der Waals surface area contributed by atoms with Crippen LogP contribution in [-0.2, 0) is 37.4 Å². The Kier molecular flexibility index (Phi) is 11.0. The fraction of sp³-hybridized carbons (Fsp3) is 0.467. The summed E-state index contributed by atoms with van der Waals surface area (Å²) >= 11 is 0. The first-order valence-electron chi connectivity index (χ1n) is 13.5. The number of nitrogens with two attached hydrogens (primary N) is 1. The topological polar surface area (TPSA) is 113 Å². The third-order valence-corrected chi connectivity index (χ3v) is 8.17. The van der Waals surface area contributed by atoms with E-state index >= 15 is 0 Å². The van der Waals surface area contributed by atoms with Gasteiger partial charge in [-0.25, -0.2) is 8.42 Å². The third kappa shape index (κ3) is 9.55. The lowest BCUT2D eigenvalue weighted by atomic mass is 10.0. The summed E-state index contributed by atoms with van der Waals surface area (Å²) in [6.07, 6.45) is 5.33. The van der Waals surface area contributed by atoms with Crippen molar-refractivity contribution in [2.45, 2.75) is 50.9 Å². The zero-order valence-corrected chi connectivity index (χ0v) is 24.7. The number of sulfonamides is 1. The fourth-order valence-corrected chi connectivity index (χ4v) is 5.47. The zero-order chi connectivity index (χ0) is 29.3. The molecule has 0 unspecified atom stereocenters. The number of piperazine rings is 1. The standard InChI is InChI=1S/C30H42N4O5S/c1-30(2,31)17-11-16-28(35)32(3)27(23-39-22-25-14-9-6-10-15-25)29(36)34-19-18-33(40(4,37)38)21-26(34)20-24-12-7-5-8-13-24/h5-16,26-27H,17-23,31H2,1-4H3/t26-,27-/m1/s1. The summed E-state index contributed by atoms with van der Waals surface area (Å²) in [5, 5.41) is 0. The van der Waals surface area contributed by atoms with Crippen molar-refractivity contribution in [1.82, 2.24) is 14.1 Å². The Morgan fingerprint density at radius 3 is 2.25 bits per heavy atom. The number of carbonyl (C=O) groups is 2. The molecule has 40 heavy (non-hydrogen) atoms. The molecule has 1 aliphatic heterocycles. The van der Waals surface area contributed by atoms with Crippen LogP contribution in [0.25, 0.3) is 0 Å². The lowest BCUT2D eigenvalue weighted by Crippen LogP contribution is -2.61. The highest BCUT2D eigenvalue weighted by Crippen LogP contribution is 2.20. The number of hydrogen-bond donors (Lipinski definition) is 1. The average Bonchev–Trinajstić information content (AvgIpc) is 2.90. The maximum atomic E-state index is 14.1. The molecule has 2 amide bonds. The van der Waals surface area contributed by atoms with Crippen molar-refractivity contribution in [1.29, 1.82) is 0 Å². The molecular weight excluding hydrogens is 528 g/mol. The molecule has 9 nitrogen and oxygen atoms in total. The normalized spacial score (nSPS) is 17.6. The molecule has 0 radical (unpaired) electrons. The Hall–Kier alpha value is -3.05. The number of benzene rings is 2. The highest BCUT2D eigenvalue weighted by atomic mass is 32.2. The predicted octanol–water partition coefficient (Wildman–Crippen LogP) is 2.43. The molecular formula is C30H42N4O5S. The maximum Gasteiger partial charge on any atom is 0.248 e. The van der Waals surface area contributed by atoms with Gasteiger partial charge in [0, 0.05) is 38.3 Å². The number of rotatable bonds is 12. The van der Waals surface area contributed by atoms with Crippen LogP contribution < -0.4 is 5.73 Å². The minimum Gasteiger partial charge on any atom is -0.374 e. The van der Waals surface area contributed by atoms with Crippen LogP contribution in [0.4, 0.5) is 0 Å². The van der Waals surface area contributed by atoms with E-state index in [4.69, 9.17) is 10.5 Å². The molecule has 3 rings (SSSR count). The van der Waals surface area contributed by atoms with Gasteiger partial charge in [-0.05, 0) is 43.9 Å². The van der Waals surface area contributed by atoms with Crippen LogP contribution in [0.5, 0.6) is 0 Å². The predicted molar refractivity (Wildman–Crippen MR) is 157 cm³/mol. The van der Waals surface area contributed by atoms with E-state index in [9.17, 15) is 18.0 Å². The number of carbonyl (C=O) groups excluding carboxylic acids is 2. The molecule has 0 saturated carbocycles. The molecule has 1 fully saturated rings. The number of ether oxygens (including phenoxy) is 1. The summed E-state index contributed by atoms with van der Waals surface area (Å²) in [5.41, 5.74) is 7.53. The van der Waals surface area contributed by atoms with Crippen LogP contribution in [-0.4, -0.2) is 91.5 Å². The summed E-state index contributed by atoms with van der Waals surface area (Å²) in [7, 11) is -1.84. The number of hydrogen-bond acceptors (Lipinski definition) is 6. The quantitative estimate of drug-likeness (QED) is 0.392. The Morgan fingerprint density at radius 1 is 1.07 bits per heavy atom. The molecule has 1 heterocycles. The van der Waals surface area contributed by atoms with Gasteiger partial charge in [-0.15, -0.1) is 0 Å². The SMILES string of the molecule is CN(C(=O)C=CCC(C)(C)N)[C@H](COCc1ccccc1)C(=O)N1CCN(S(C)(=O)=O)C[C@H]1Cc1ccccc1. The maximum absolute atomic E-state index is 14.1. The van der Waals surface area contributed by atoms with Crippen LogP contribution in [0.1, 0.15) is 31.4 Å². The Labute approximate surface area is 238 Å². The average molecular weight is 571 g/mol. The highest BCUT2D eigenvalue weighted by molar-refractivity contribution is 7.88. The number of likely N-dealkylation sites (N-methyl/N-ethyl adjacent to an activating group) is 1. The molecule has 2 atom stereocenters. The Balaban J connectivity index is 1.84. The molecule has 2 N–H and O–H groups in total. The van der Waals surface area contributed by atoms with Gasteiger partial charge < -0.3 is 20.3 Å². The van der Waals surface area contributed by atoms with Gasteiger partial charge in [0.05, 0.1) is 19.5 Å². The lowest BCUT2D eigenvalue weighted by Gasteiger charge is -2.43. The molecule has 218 valence electrons. The molecule has 0 spiro atoms. The molecule has 1 saturated heterocycles. The van der Waals surface area contributed by atoms with Crippen molar-refractivity contribution in [2.24, 2.45) is 5.73 Å². The third-order valence-electron chi connectivity index (χ3n) is 6.90. The van der Waals surface area contributed by atoms with E-state index in [2.05, 4.69) is 0 Å². The summed E-state index contributed by atoms with van der Waals surface area (Å²) in [4.78, 5) is 30.4. The van der Waals surface area contributed by atoms with Crippen LogP contribution in [0, 0.1) is 0 Å². The molecule has 2 aromatic rings. The van der Waals surface area contributed by atoms with Gasteiger partial charge >= 0.3 is 0 Å². The van der Waals surface area contributed by atoms with E-state index < -0.39 is 27.6 Å². The largest absolute Gasteiger partial charge is 0.374 e. The van der Waals surface area contributed by atoms with Crippen LogP contribution >= 0.6 is 0 Å². The van der Waals surface area contributed by atoms with Gasteiger partial charge in [-0.3, -0.25) is 9.59 Å². The van der Waals surface area contributed by atoms with Gasteiger partial charge in [0.25, 0.3) is 0 Å². The van der Waals surface area contributed by atoms with Crippen molar-refractivity contribution >= 4 is 21.8 Å². The Morgan fingerprint density at radius 2 is 1.68 bits per heavy atom. The number of amides is 2. The second kappa shape index (κ2) is 14.0. The van der Waals surface area contributed by atoms with Crippen molar-refractivity contribution in [3.05, 3.63) is 83.9 Å². The number of nitrogens with zero attached hydrogens (tertiary/aromatic N) is 3. The van der Waals surface area contributed by atoms with E-state index in [1.165, 1.54) is 21.5 Å². The van der Waals surface area contributed by atoms with Crippen molar-refractivity contribution in [3.8, 4) is 0 Å². The van der Waals surface area contributed by atoms with Gasteiger partial charge in [-0.2, -0.15) is 4.31 Å². The van der Waals surface area contributed by atoms with E-state index in [0.29, 0.717) is 19.4 Å². The summed E-state index contributed by atoms with van der Waals surface area (Å²) in [6, 6.07) is 18.0. The highest BCUT2D eigenvalue weighted by Gasteiger charge is 2.38. The van der Waals surface area contributed by atoms with Crippen molar-refractivity contribution in [2.75, 3.05) is 39.5 Å². The first kappa shape index (κ1) is 31.5. The summed E-state index contributed by atoms with van der Waals surface area (Å²) < 4.78 is 32.1. The first-order chi connectivity index (χ1) is 18.8. The van der Waals surface area contributed by atoms with Gasteiger partial charge in [0.1, 0.15) is 6.04 Å². The van der Waals surface area contributed by atoms with Gasteiger partial charge in [0.2, 0.25) is 21.8 Å². The monoisotopic (exact) mass is 570 g/mol. The minimum atomic E-state index is -3.43.